The van der Waals surface area contributed by atoms with Gasteiger partial charge in [-0.3, -0.25) is 4.55 Å². The second-order valence-corrected chi connectivity index (χ2v) is 4.98. The number of benzene rings is 1. The van der Waals surface area contributed by atoms with E-state index in [1.54, 1.807) is 18.2 Å². The molecular formula is C9H10O5S. The first kappa shape index (κ1) is 10.4. The van der Waals surface area contributed by atoms with Gasteiger partial charge in [0.15, 0.2) is 0 Å². The van der Waals surface area contributed by atoms with Crippen molar-refractivity contribution in [2.75, 3.05) is 6.61 Å². The molecule has 1 aromatic carbocycles. The van der Waals surface area contributed by atoms with Crippen molar-refractivity contribution in [2.45, 2.75) is 11.4 Å². The lowest BCUT2D eigenvalue weighted by molar-refractivity contribution is 0.0634. The summed E-state index contributed by atoms with van der Waals surface area (Å²) in [5.74, 6) is 0.281. The van der Waals surface area contributed by atoms with Gasteiger partial charge in [-0.15, -0.1) is 0 Å². The molecule has 15 heavy (non-hydrogen) atoms. The van der Waals surface area contributed by atoms with Crippen LogP contribution in [0.25, 0.3) is 0 Å². The van der Waals surface area contributed by atoms with Crippen LogP contribution in [0.1, 0.15) is 12.0 Å². The van der Waals surface area contributed by atoms with Gasteiger partial charge in [0.05, 0.1) is 6.61 Å². The smallest absolute Gasteiger partial charge is 0.299 e. The zero-order valence-electron chi connectivity index (χ0n) is 7.75. The Morgan fingerprint density at radius 3 is 2.67 bits per heavy atom. The molecule has 0 aromatic heterocycles. The molecule has 1 atom stereocenters. The Morgan fingerprint density at radius 2 is 2.00 bits per heavy atom. The third-order valence-corrected chi connectivity index (χ3v) is 3.71. The molecule has 1 heterocycles. The first-order chi connectivity index (χ1) is 6.95. The molecule has 0 spiro atoms. The minimum atomic E-state index is -4.56. The zero-order valence-corrected chi connectivity index (χ0v) is 8.57. The number of ether oxygens (including phenoxy) is 1. The van der Waals surface area contributed by atoms with Crippen LogP contribution in [0.3, 0.4) is 0 Å². The van der Waals surface area contributed by atoms with Crippen LogP contribution in [0, 0.1) is 0 Å². The third-order valence-electron chi connectivity index (χ3n) is 2.43. The van der Waals surface area contributed by atoms with Crippen molar-refractivity contribution >= 4 is 10.1 Å². The Bertz CT molecular complexity index is 481. The summed E-state index contributed by atoms with van der Waals surface area (Å²) in [7, 11) is -4.56. The minimum absolute atomic E-state index is 0.0489. The van der Waals surface area contributed by atoms with Crippen molar-refractivity contribution in [1.82, 2.24) is 0 Å². The van der Waals surface area contributed by atoms with Crippen molar-refractivity contribution in [3.63, 3.8) is 0 Å². The van der Waals surface area contributed by atoms with Crippen molar-refractivity contribution in [3.8, 4) is 5.75 Å². The van der Waals surface area contributed by atoms with Crippen LogP contribution < -0.4 is 4.74 Å². The molecule has 0 bridgehead atoms. The number of rotatable bonds is 1. The van der Waals surface area contributed by atoms with Crippen molar-refractivity contribution in [2.24, 2.45) is 0 Å². The van der Waals surface area contributed by atoms with Gasteiger partial charge in [0.1, 0.15) is 5.75 Å². The highest BCUT2D eigenvalue weighted by molar-refractivity contribution is 7.86. The molecule has 0 radical (unpaired) electrons. The Hall–Kier alpha value is -1.11. The van der Waals surface area contributed by atoms with Gasteiger partial charge < -0.3 is 9.84 Å². The summed E-state index contributed by atoms with van der Waals surface area (Å²) >= 11 is 0. The van der Waals surface area contributed by atoms with Crippen LogP contribution in [0.15, 0.2) is 24.3 Å². The average Bonchev–Trinajstić information content (AvgIpc) is 2.17. The maximum atomic E-state index is 11.1. The third kappa shape index (κ3) is 1.50. The van der Waals surface area contributed by atoms with Crippen LogP contribution in [0.2, 0.25) is 0 Å². The van der Waals surface area contributed by atoms with Crippen LogP contribution >= 0.6 is 0 Å². The van der Waals surface area contributed by atoms with Crippen LogP contribution in [-0.4, -0.2) is 24.7 Å². The van der Waals surface area contributed by atoms with E-state index in [-0.39, 0.29) is 24.3 Å². The summed E-state index contributed by atoms with van der Waals surface area (Å²) in [4.78, 5) is -2.25. The highest BCUT2D eigenvalue weighted by Gasteiger charge is 2.46. The quantitative estimate of drug-likeness (QED) is 0.686. The van der Waals surface area contributed by atoms with E-state index >= 15 is 0 Å². The van der Waals surface area contributed by atoms with E-state index in [4.69, 9.17) is 9.29 Å². The van der Waals surface area contributed by atoms with E-state index in [9.17, 15) is 13.5 Å². The standard InChI is InChI=1S/C9H10O5S/c10-9(15(11,12)13)5-6-14-8-4-2-1-3-7(8)9/h1-4,10H,5-6H2,(H,11,12,13). The molecule has 1 aromatic rings. The molecule has 1 aliphatic rings. The van der Waals surface area contributed by atoms with Crippen molar-refractivity contribution < 1.29 is 22.8 Å². The van der Waals surface area contributed by atoms with E-state index in [1.807, 2.05) is 0 Å². The number of aliphatic hydroxyl groups is 1. The van der Waals surface area contributed by atoms with Gasteiger partial charge in [0.2, 0.25) is 4.93 Å². The van der Waals surface area contributed by atoms with Crippen molar-refractivity contribution in [1.29, 1.82) is 0 Å². The van der Waals surface area contributed by atoms with E-state index in [0.29, 0.717) is 0 Å². The highest BCUT2D eigenvalue weighted by Crippen LogP contribution is 2.39. The molecule has 0 fully saturated rings. The molecule has 6 heteroatoms. The number of para-hydroxylation sites is 1. The zero-order chi connectivity index (χ0) is 11.1. The van der Waals surface area contributed by atoms with Gasteiger partial charge >= 0.3 is 0 Å². The summed E-state index contributed by atoms with van der Waals surface area (Å²) < 4.78 is 36.4. The monoisotopic (exact) mass is 230 g/mol. The molecule has 2 rings (SSSR count). The van der Waals surface area contributed by atoms with Gasteiger partial charge in [0.25, 0.3) is 10.1 Å². The molecule has 2 N–H and O–H groups in total. The molecule has 0 saturated carbocycles. The van der Waals surface area contributed by atoms with Gasteiger partial charge in [-0.1, -0.05) is 18.2 Å². The first-order valence-electron chi connectivity index (χ1n) is 4.37. The SMILES string of the molecule is O=S(=O)(O)C1(O)CCOc2ccccc21. The Labute approximate surface area is 87.1 Å². The highest BCUT2D eigenvalue weighted by atomic mass is 32.2. The topological polar surface area (TPSA) is 83.8 Å². The van der Waals surface area contributed by atoms with E-state index < -0.39 is 15.1 Å². The first-order valence-corrected chi connectivity index (χ1v) is 5.81. The summed E-state index contributed by atoms with van der Waals surface area (Å²) in [6, 6.07) is 6.20. The molecule has 5 nitrogen and oxygen atoms in total. The number of hydrogen-bond acceptors (Lipinski definition) is 4. The molecule has 0 saturated heterocycles. The van der Waals surface area contributed by atoms with Crippen LogP contribution in [-0.2, 0) is 15.1 Å². The van der Waals surface area contributed by atoms with Gasteiger partial charge in [0, 0.05) is 12.0 Å². The fourth-order valence-electron chi connectivity index (χ4n) is 1.62. The van der Waals surface area contributed by atoms with E-state index in [0.717, 1.165) is 0 Å². The summed E-state index contributed by atoms with van der Waals surface area (Å²) in [6.45, 7) is 0.0489. The lowest BCUT2D eigenvalue weighted by atomic mass is 10.0. The second-order valence-electron chi connectivity index (χ2n) is 3.35. The second kappa shape index (κ2) is 3.19. The molecule has 82 valence electrons. The van der Waals surface area contributed by atoms with Crippen LogP contribution in [0.5, 0.6) is 5.75 Å². The van der Waals surface area contributed by atoms with Gasteiger partial charge in [-0.25, -0.2) is 0 Å². The van der Waals surface area contributed by atoms with Crippen molar-refractivity contribution in [3.05, 3.63) is 29.8 Å². The van der Waals surface area contributed by atoms with E-state index in [1.165, 1.54) is 6.07 Å². The molecule has 1 unspecified atom stereocenters. The summed E-state index contributed by atoms with van der Waals surface area (Å²) in [5.41, 5.74) is 0.0822. The Morgan fingerprint density at radius 1 is 1.33 bits per heavy atom. The van der Waals surface area contributed by atoms with E-state index in [2.05, 4.69) is 0 Å². The summed E-state index contributed by atoms with van der Waals surface area (Å²) in [6.07, 6.45) is -0.178. The fourth-order valence-corrected chi connectivity index (χ4v) is 2.40. The Balaban J connectivity index is 2.65. The average molecular weight is 230 g/mol. The number of fused-ring (bicyclic) bond motifs is 1. The lowest BCUT2D eigenvalue weighted by Gasteiger charge is -2.31. The number of hydrogen-bond donors (Lipinski definition) is 2. The Kier molecular flexibility index (Phi) is 2.22. The molecule has 1 aliphatic heterocycles. The fraction of sp³-hybridized carbons (Fsp3) is 0.333. The summed E-state index contributed by atoms with van der Waals surface area (Å²) in [5, 5.41) is 9.94. The molecule has 0 amide bonds. The maximum Gasteiger partial charge on any atom is 0.299 e. The van der Waals surface area contributed by atoms with Crippen LogP contribution in [0.4, 0.5) is 0 Å². The molecular weight excluding hydrogens is 220 g/mol. The predicted octanol–water partition coefficient (Wildman–Crippen LogP) is 0.502. The van der Waals surface area contributed by atoms with Gasteiger partial charge in [-0.05, 0) is 6.07 Å². The maximum absolute atomic E-state index is 11.1. The predicted molar refractivity (Wildman–Crippen MR) is 52.0 cm³/mol. The lowest BCUT2D eigenvalue weighted by Crippen LogP contribution is -2.40. The minimum Gasteiger partial charge on any atom is -0.493 e. The van der Waals surface area contributed by atoms with Gasteiger partial charge in [-0.2, -0.15) is 8.42 Å². The normalized spacial score (nSPS) is 25.5. The largest absolute Gasteiger partial charge is 0.493 e. The molecule has 0 aliphatic carbocycles.